The molecule has 0 saturated heterocycles. The number of H-pyrrole nitrogens is 1. The summed E-state index contributed by atoms with van der Waals surface area (Å²) in [7, 11) is 1.50. The van der Waals surface area contributed by atoms with Crippen molar-refractivity contribution in [2.45, 2.75) is 65.1 Å². The van der Waals surface area contributed by atoms with Gasteiger partial charge in [0.15, 0.2) is 11.5 Å². The minimum Gasteiger partial charge on any atom is -0.493 e. The van der Waals surface area contributed by atoms with Crippen LogP contribution in [-0.2, 0) is 20.7 Å². The molecular weight excluding hydrogens is 552 g/mol. The summed E-state index contributed by atoms with van der Waals surface area (Å²) in [6, 6.07) is 11.7. The van der Waals surface area contributed by atoms with E-state index in [2.05, 4.69) is 15.6 Å². The number of hydrogen-bond donors (Lipinski definition) is 5. The van der Waals surface area contributed by atoms with Gasteiger partial charge in [0.05, 0.1) is 13.2 Å². The van der Waals surface area contributed by atoms with E-state index in [4.69, 9.17) is 19.4 Å². The minimum atomic E-state index is -0.818. The molecule has 0 bridgehead atoms. The molecule has 3 amide bonds. The Morgan fingerprint density at radius 3 is 2.49 bits per heavy atom. The number of hydrogen-bond acceptors (Lipinski definition) is 7. The molecule has 1 heterocycles. The van der Waals surface area contributed by atoms with Gasteiger partial charge in [0.1, 0.15) is 18.2 Å². The van der Waals surface area contributed by atoms with Crippen molar-refractivity contribution < 1.29 is 33.8 Å². The smallest absolute Gasteiger partial charge is 0.408 e. The van der Waals surface area contributed by atoms with Crippen LogP contribution in [0.1, 0.15) is 52.2 Å². The number of amides is 3. The Kier molecular flexibility index (Phi) is 11.6. The fourth-order valence-corrected chi connectivity index (χ4v) is 4.45. The molecule has 43 heavy (non-hydrogen) atoms. The molecule has 0 aliphatic carbocycles. The van der Waals surface area contributed by atoms with Crippen molar-refractivity contribution in [1.82, 2.24) is 21.1 Å². The van der Waals surface area contributed by atoms with E-state index in [0.717, 1.165) is 16.5 Å². The molecule has 5 N–H and O–H groups in total. The quantitative estimate of drug-likeness (QED) is 0.109. The summed E-state index contributed by atoms with van der Waals surface area (Å²) in [5.41, 5.74) is 3.47. The Morgan fingerprint density at radius 1 is 1.07 bits per heavy atom. The Balaban J connectivity index is 1.84. The third kappa shape index (κ3) is 9.78. The predicted molar refractivity (Wildman–Crippen MR) is 164 cm³/mol. The van der Waals surface area contributed by atoms with Crippen LogP contribution in [0.5, 0.6) is 11.5 Å². The van der Waals surface area contributed by atoms with E-state index in [1.54, 1.807) is 44.5 Å². The summed E-state index contributed by atoms with van der Waals surface area (Å²) in [6.45, 7) is 9.25. The van der Waals surface area contributed by atoms with Crippen LogP contribution < -0.4 is 25.6 Å². The van der Waals surface area contributed by atoms with Gasteiger partial charge in [0, 0.05) is 23.2 Å². The molecular formula is C32H42N4O7. The molecule has 11 nitrogen and oxygen atoms in total. The highest BCUT2D eigenvalue weighted by Crippen LogP contribution is 2.29. The maximum atomic E-state index is 13.7. The first-order chi connectivity index (χ1) is 20.4. The normalized spacial score (nSPS) is 13.7. The summed E-state index contributed by atoms with van der Waals surface area (Å²) in [5, 5.41) is 15.6. The Bertz CT molecular complexity index is 1430. The van der Waals surface area contributed by atoms with Crippen LogP contribution in [0.3, 0.4) is 0 Å². The molecule has 0 saturated carbocycles. The lowest BCUT2D eigenvalue weighted by Crippen LogP contribution is -2.54. The van der Waals surface area contributed by atoms with Gasteiger partial charge in [-0.1, -0.05) is 44.5 Å². The highest BCUT2D eigenvalue weighted by molar-refractivity contribution is 5.91. The van der Waals surface area contributed by atoms with Crippen molar-refractivity contribution >= 4 is 34.9 Å². The Morgan fingerprint density at radius 2 is 1.81 bits per heavy atom. The molecule has 232 valence electrons. The van der Waals surface area contributed by atoms with Gasteiger partial charge in [-0.05, 0) is 68.5 Å². The third-order valence-electron chi connectivity index (χ3n) is 6.82. The van der Waals surface area contributed by atoms with Gasteiger partial charge in [-0.25, -0.2) is 10.3 Å². The van der Waals surface area contributed by atoms with Crippen LogP contribution in [0, 0.1) is 5.92 Å². The zero-order chi connectivity index (χ0) is 31.6. The van der Waals surface area contributed by atoms with Crippen molar-refractivity contribution in [3.63, 3.8) is 0 Å². The van der Waals surface area contributed by atoms with Crippen molar-refractivity contribution in [1.29, 1.82) is 0 Å². The van der Waals surface area contributed by atoms with Crippen molar-refractivity contribution in [2.24, 2.45) is 5.92 Å². The van der Waals surface area contributed by atoms with Crippen LogP contribution in [0.25, 0.3) is 17.0 Å². The number of fused-ring (bicyclic) bond motifs is 1. The minimum absolute atomic E-state index is 0.101. The molecule has 3 aromatic rings. The van der Waals surface area contributed by atoms with E-state index in [1.165, 1.54) is 19.3 Å². The molecule has 11 heteroatoms. The van der Waals surface area contributed by atoms with E-state index < -0.39 is 29.7 Å². The fraction of sp³-hybridized carbons (Fsp3) is 0.406. The second kappa shape index (κ2) is 15.1. The monoisotopic (exact) mass is 594 g/mol. The SMILES string of the molecule is CC[C@H](C)[C@H](NC(=O)OC(C)(C)C)C(=O)N[C@H](COc1ccc(/C=C/C(=O)NO)cc1OC)Cc1c[nH]c2ccccc12. The van der Waals surface area contributed by atoms with Gasteiger partial charge in [-0.2, -0.15) is 0 Å². The number of para-hydroxylation sites is 1. The topological polar surface area (TPSA) is 151 Å². The van der Waals surface area contributed by atoms with E-state index >= 15 is 0 Å². The number of carbonyl (C=O) groups is 3. The largest absolute Gasteiger partial charge is 0.493 e. The first kappa shape index (κ1) is 33.0. The molecule has 0 unspecified atom stereocenters. The molecule has 3 atom stereocenters. The van der Waals surface area contributed by atoms with Gasteiger partial charge in [0.25, 0.3) is 5.91 Å². The van der Waals surface area contributed by atoms with E-state index in [1.807, 2.05) is 44.3 Å². The van der Waals surface area contributed by atoms with E-state index in [0.29, 0.717) is 29.9 Å². The predicted octanol–water partition coefficient (Wildman–Crippen LogP) is 4.74. The van der Waals surface area contributed by atoms with Gasteiger partial charge >= 0.3 is 6.09 Å². The van der Waals surface area contributed by atoms with Gasteiger partial charge in [-0.15, -0.1) is 0 Å². The van der Waals surface area contributed by atoms with Gasteiger partial charge < -0.3 is 29.8 Å². The number of carbonyl (C=O) groups excluding carboxylic acids is 3. The number of aromatic amines is 1. The number of hydroxylamine groups is 1. The zero-order valence-corrected chi connectivity index (χ0v) is 25.5. The number of ether oxygens (including phenoxy) is 3. The average Bonchev–Trinajstić information content (AvgIpc) is 3.38. The number of nitrogens with one attached hydrogen (secondary N) is 4. The second-order valence-electron chi connectivity index (χ2n) is 11.3. The maximum Gasteiger partial charge on any atom is 0.408 e. The molecule has 0 aliphatic rings. The lowest BCUT2D eigenvalue weighted by atomic mass is 9.97. The molecule has 0 radical (unpaired) electrons. The van der Waals surface area contributed by atoms with Crippen LogP contribution in [-0.4, -0.2) is 59.5 Å². The molecule has 3 rings (SSSR count). The van der Waals surface area contributed by atoms with Crippen molar-refractivity contribution in [3.8, 4) is 11.5 Å². The number of alkyl carbamates (subject to hydrolysis) is 1. The summed E-state index contributed by atoms with van der Waals surface area (Å²) in [4.78, 5) is 40.9. The van der Waals surface area contributed by atoms with Crippen LogP contribution in [0.4, 0.5) is 4.79 Å². The summed E-state index contributed by atoms with van der Waals surface area (Å²) < 4.78 is 17.1. The van der Waals surface area contributed by atoms with Crippen LogP contribution in [0.2, 0.25) is 0 Å². The molecule has 0 aliphatic heterocycles. The Hall–Kier alpha value is -4.51. The molecule has 2 aromatic carbocycles. The fourth-order valence-electron chi connectivity index (χ4n) is 4.45. The van der Waals surface area contributed by atoms with Crippen LogP contribution >= 0.6 is 0 Å². The lowest BCUT2D eigenvalue weighted by molar-refractivity contribution is -0.125. The number of benzene rings is 2. The standard InChI is InChI=1S/C32H42N4O7/c1-7-20(2)29(35-31(39)43-32(3,4)5)30(38)34-23(17-22-18-33-25-11-9-8-10-24(22)25)19-42-26-14-12-21(16-27(26)41-6)13-15-28(37)36-40/h8-16,18,20,23,29,33,40H,7,17,19H2,1-6H3,(H,34,38)(H,35,39)(H,36,37)/b15-13+/t20-,23-,29-/m0/s1. The number of methoxy groups -OCH3 is 1. The second-order valence-corrected chi connectivity index (χ2v) is 11.3. The van der Waals surface area contributed by atoms with Gasteiger partial charge in [-0.3, -0.25) is 14.8 Å². The van der Waals surface area contributed by atoms with Crippen LogP contribution in [0.15, 0.2) is 54.7 Å². The molecule has 1 aromatic heterocycles. The first-order valence-electron chi connectivity index (χ1n) is 14.2. The highest BCUT2D eigenvalue weighted by atomic mass is 16.6. The van der Waals surface area contributed by atoms with E-state index in [9.17, 15) is 14.4 Å². The number of aromatic nitrogens is 1. The summed E-state index contributed by atoms with van der Waals surface area (Å²) in [5.74, 6) is -0.298. The first-order valence-corrected chi connectivity index (χ1v) is 14.2. The molecule has 0 spiro atoms. The van der Waals surface area contributed by atoms with E-state index in [-0.39, 0.29) is 18.4 Å². The highest BCUT2D eigenvalue weighted by Gasteiger charge is 2.30. The summed E-state index contributed by atoms with van der Waals surface area (Å²) >= 11 is 0. The van der Waals surface area contributed by atoms with Crippen molar-refractivity contribution in [2.75, 3.05) is 13.7 Å². The average molecular weight is 595 g/mol. The lowest BCUT2D eigenvalue weighted by Gasteiger charge is -2.28. The molecule has 0 fully saturated rings. The zero-order valence-electron chi connectivity index (χ0n) is 25.5. The maximum absolute atomic E-state index is 13.7. The summed E-state index contributed by atoms with van der Waals surface area (Å²) in [6.07, 6.45) is 5.07. The van der Waals surface area contributed by atoms with Gasteiger partial charge in [0.2, 0.25) is 5.91 Å². The number of rotatable bonds is 13. The third-order valence-corrected chi connectivity index (χ3v) is 6.82. The Labute approximate surface area is 251 Å². The van der Waals surface area contributed by atoms with Crippen molar-refractivity contribution in [3.05, 3.63) is 65.9 Å².